The number of halogens is 1. The number of nitrogen functional groups attached to an aromatic ring is 1. The Balaban J connectivity index is 1.55. The maximum absolute atomic E-state index is 13.0. The van der Waals surface area contributed by atoms with Gasteiger partial charge in [0.1, 0.15) is 36.3 Å². The van der Waals surface area contributed by atoms with Crippen LogP contribution in [0.25, 0.3) is 11.2 Å². The van der Waals surface area contributed by atoms with Gasteiger partial charge in [0.05, 0.1) is 19.5 Å². The highest BCUT2D eigenvalue weighted by molar-refractivity contribution is 7.61. The number of imidazole rings is 1. The zero-order valence-corrected chi connectivity index (χ0v) is 29.8. The van der Waals surface area contributed by atoms with Crippen molar-refractivity contribution in [3.63, 3.8) is 0 Å². The minimum atomic E-state index is -5.59. The lowest BCUT2D eigenvalue weighted by molar-refractivity contribution is -0.143. The van der Waals surface area contributed by atoms with Crippen molar-refractivity contribution in [1.82, 2.24) is 30.2 Å². The van der Waals surface area contributed by atoms with Crippen molar-refractivity contribution in [3.8, 4) is 0 Å². The number of amides is 2. The number of ether oxygens (including phenoxy) is 1. The van der Waals surface area contributed by atoms with E-state index in [1.165, 1.54) is 13.8 Å². The van der Waals surface area contributed by atoms with Gasteiger partial charge >= 0.3 is 29.4 Å². The van der Waals surface area contributed by atoms with Gasteiger partial charge in [0.25, 0.3) is 0 Å². The van der Waals surface area contributed by atoms with E-state index in [1.807, 2.05) is 0 Å². The number of aliphatic hydroxyl groups excluding tert-OH is 2. The second-order valence-corrected chi connectivity index (χ2v) is 15.9. The van der Waals surface area contributed by atoms with E-state index in [0.717, 1.165) is 17.2 Å². The first-order valence-corrected chi connectivity index (χ1v) is 19.2. The van der Waals surface area contributed by atoms with Gasteiger partial charge in [-0.2, -0.15) is 4.31 Å². The number of carbonyl (C=O) groups excluding carboxylic acids is 2. The molecule has 2 aromatic heterocycles. The van der Waals surface area contributed by atoms with Crippen molar-refractivity contribution in [2.75, 3.05) is 32.0 Å². The number of hydrogen-bond donors (Lipinski definition) is 10. The number of hydrogen-bond acceptors (Lipinski definition) is 17. The molecule has 1 fully saturated rings. The number of aliphatic hydroxyl groups is 2. The first-order valence-electron chi connectivity index (χ1n) is 14.7. The van der Waals surface area contributed by atoms with Crippen molar-refractivity contribution < 1.29 is 90.0 Å². The van der Waals surface area contributed by atoms with Crippen molar-refractivity contribution in [3.05, 3.63) is 12.7 Å². The molecule has 294 valence electrons. The maximum Gasteiger partial charge on any atom is 0.481 e. The van der Waals surface area contributed by atoms with Crippen LogP contribution in [0.15, 0.2) is 12.7 Å². The number of fused-ring (bicyclic) bond motifs is 1. The fraction of sp³-hybridized carbons (Fsp3) is 0.652. The molecule has 29 heteroatoms. The Morgan fingerprint density at radius 2 is 1.73 bits per heavy atom. The van der Waals surface area contributed by atoms with Crippen molar-refractivity contribution in [2.45, 2.75) is 63.5 Å². The fourth-order valence-electron chi connectivity index (χ4n) is 4.40. The van der Waals surface area contributed by atoms with Crippen LogP contribution >= 0.6 is 23.5 Å². The minimum Gasteiger partial charge on any atom is -0.479 e. The number of anilines is 1. The topological polar surface area (TPSA) is 384 Å². The Morgan fingerprint density at radius 1 is 1.08 bits per heavy atom. The highest BCUT2D eigenvalue weighted by atomic mass is 31.3. The van der Waals surface area contributed by atoms with E-state index < -0.39 is 103 Å². The van der Waals surface area contributed by atoms with E-state index in [2.05, 4.69) is 43.5 Å². The number of phosphoric acid groups is 3. The smallest absolute Gasteiger partial charge is 0.479 e. The van der Waals surface area contributed by atoms with Crippen LogP contribution in [0.2, 0.25) is 0 Å². The largest absolute Gasteiger partial charge is 0.481 e. The monoisotopic (exact) mass is 811 g/mol. The van der Waals surface area contributed by atoms with E-state index in [0.29, 0.717) is 0 Å². The number of nitrogens with one attached hydrogen (secondary N) is 2. The van der Waals surface area contributed by atoms with Crippen LogP contribution in [0.5, 0.6) is 0 Å². The molecule has 0 radical (unpaired) electrons. The molecule has 3 heterocycles. The third-order valence-corrected chi connectivity index (χ3v) is 10.2. The van der Waals surface area contributed by atoms with Gasteiger partial charge in [-0.3, -0.25) is 27.7 Å². The summed E-state index contributed by atoms with van der Waals surface area (Å²) in [6.45, 7) is -0.320. The second-order valence-electron chi connectivity index (χ2n) is 11.7. The van der Waals surface area contributed by atoms with Crippen molar-refractivity contribution in [2.24, 2.45) is 5.41 Å². The number of carboxylic acids is 1. The molecular weight excluding hydrogens is 774 g/mol. The maximum atomic E-state index is 13.0. The third kappa shape index (κ3) is 12.2. The molecule has 2 amide bonds. The summed E-state index contributed by atoms with van der Waals surface area (Å²) in [6.07, 6.45) is -9.92. The predicted molar refractivity (Wildman–Crippen MR) is 167 cm³/mol. The zero-order valence-electron chi connectivity index (χ0n) is 27.1. The van der Waals surface area contributed by atoms with Crippen LogP contribution in [-0.2, 0) is 50.7 Å². The summed E-state index contributed by atoms with van der Waals surface area (Å²) in [5.74, 6) is -3.48. The molecule has 1 aliphatic heterocycles. The molecule has 1 saturated heterocycles. The summed E-state index contributed by atoms with van der Waals surface area (Å²) in [7, 11) is -16.5. The summed E-state index contributed by atoms with van der Waals surface area (Å²) >= 11 is 0. The molecule has 52 heavy (non-hydrogen) atoms. The number of phosphoric ester groups is 3. The third-order valence-electron chi connectivity index (χ3n) is 7.07. The Hall–Kier alpha value is -3.06. The van der Waals surface area contributed by atoms with Gasteiger partial charge in [-0.1, -0.05) is 13.8 Å². The standard InChI is InChI=1S/C23H37FN7O18P3/c1-23(2,17(34)20(35)27-6-4-13(32)26-5-3-11(24)22(36)37)8-46-52(43,44)49-51(41,42)45-7-12-16(48-50(38,39)40)15(33)21(47-12)31-10-30-14-18(25)28-9-29-19(14)31/h9-12,15-17,21,33-34H,3-8H2,1-2H3,(H,26,32)(H,27,35)(H,36,37)(H,41,42)(H,43,44)(H2,25,28,29)(H2,38,39,40)/t11-,12-,15+,16-,17-,21+/m0/s1. The summed E-state index contributed by atoms with van der Waals surface area (Å²) < 4.78 is 74.7. The van der Waals surface area contributed by atoms with Gasteiger partial charge in [-0.15, -0.1) is 0 Å². The summed E-state index contributed by atoms with van der Waals surface area (Å²) in [5, 5.41) is 34.2. The number of aromatic nitrogens is 4. The molecule has 8 atom stereocenters. The number of aliphatic carboxylic acids is 1. The molecule has 0 aliphatic carbocycles. The Morgan fingerprint density at radius 3 is 2.37 bits per heavy atom. The first-order chi connectivity index (χ1) is 23.9. The highest BCUT2D eigenvalue weighted by Gasteiger charge is 2.50. The Bertz CT molecular complexity index is 1750. The van der Waals surface area contributed by atoms with Crippen LogP contribution in [-0.4, -0.2) is 129 Å². The van der Waals surface area contributed by atoms with Crippen molar-refractivity contribution >= 4 is 58.2 Å². The lowest BCUT2D eigenvalue weighted by Crippen LogP contribution is -2.46. The lowest BCUT2D eigenvalue weighted by atomic mass is 9.87. The SMILES string of the molecule is CC(C)(COP(=O)(O)OP(=O)(O)OC[C@@H]1O[C@@H](n2cnc3c(N)ncnc32)[C@H](O)[C@H]1OP(=O)(O)O)[C@@H](O)C(=O)NCCC(=O)NCC[C@H](F)C(=O)O. The van der Waals surface area contributed by atoms with Gasteiger partial charge in [0.2, 0.25) is 11.8 Å². The normalized spacial score (nSPS) is 23.0. The molecule has 25 nitrogen and oxygen atoms in total. The van der Waals surface area contributed by atoms with Crippen molar-refractivity contribution in [1.29, 1.82) is 0 Å². The number of rotatable bonds is 20. The number of nitrogens with two attached hydrogens (primary N) is 1. The quantitative estimate of drug-likeness (QED) is 0.0660. The number of nitrogens with zero attached hydrogens (tertiary/aromatic N) is 4. The molecular formula is C23H37FN7O18P3. The van der Waals surface area contributed by atoms with Crippen LogP contribution in [0.4, 0.5) is 10.2 Å². The minimum absolute atomic E-state index is 0.0145. The fourth-order valence-corrected chi connectivity index (χ4v) is 7.23. The van der Waals surface area contributed by atoms with Gasteiger partial charge in [0, 0.05) is 31.3 Å². The average molecular weight is 812 g/mol. The highest BCUT2D eigenvalue weighted by Crippen LogP contribution is 2.61. The van der Waals surface area contributed by atoms with E-state index in [4.69, 9.17) is 15.6 Å². The second kappa shape index (κ2) is 17.4. The van der Waals surface area contributed by atoms with Gasteiger partial charge in [0.15, 0.2) is 23.9 Å². The predicted octanol–water partition coefficient (Wildman–Crippen LogP) is -1.78. The van der Waals surface area contributed by atoms with E-state index in [9.17, 15) is 62.3 Å². The molecule has 11 N–H and O–H groups in total. The first kappa shape index (κ1) is 43.3. The summed E-state index contributed by atoms with van der Waals surface area (Å²) in [6, 6.07) is 0. The van der Waals surface area contributed by atoms with E-state index in [1.54, 1.807) is 0 Å². The Labute approximate surface area is 292 Å². The molecule has 0 bridgehead atoms. The molecule has 2 aromatic rings. The number of alkyl halides is 1. The molecule has 0 aromatic carbocycles. The number of carboxylic acid groups (broad SMARTS) is 1. The van der Waals surface area contributed by atoms with Crippen LogP contribution in [0.1, 0.15) is 32.9 Å². The molecule has 2 unspecified atom stereocenters. The molecule has 1 aliphatic rings. The summed E-state index contributed by atoms with van der Waals surface area (Å²) in [5.41, 5.74) is 4.15. The van der Waals surface area contributed by atoms with Crippen LogP contribution in [0, 0.1) is 5.41 Å². The average Bonchev–Trinajstić information content (AvgIpc) is 3.58. The number of carbonyl (C=O) groups is 3. The lowest BCUT2D eigenvalue weighted by Gasteiger charge is -2.30. The summed E-state index contributed by atoms with van der Waals surface area (Å²) in [4.78, 5) is 85.3. The van der Waals surface area contributed by atoms with Gasteiger partial charge in [-0.05, 0) is 0 Å². The molecule has 0 spiro atoms. The Kier molecular flexibility index (Phi) is 14.5. The van der Waals surface area contributed by atoms with E-state index >= 15 is 0 Å². The van der Waals surface area contributed by atoms with E-state index in [-0.39, 0.29) is 36.5 Å². The van der Waals surface area contributed by atoms with Crippen LogP contribution < -0.4 is 16.4 Å². The van der Waals surface area contributed by atoms with Gasteiger partial charge in [-0.25, -0.2) is 37.8 Å². The van der Waals surface area contributed by atoms with Crippen LogP contribution in [0.3, 0.4) is 0 Å². The van der Waals surface area contributed by atoms with Gasteiger partial charge < -0.3 is 56.0 Å². The zero-order chi connectivity index (χ0) is 39.2. The molecule has 0 saturated carbocycles. The molecule has 3 rings (SSSR count).